The molecule has 0 N–H and O–H groups in total. The number of benzene rings is 1. The molecule has 1 saturated heterocycles. The molecular formula is C18H24FNO4. The zero-order valence-corrected chi connectivity index (χ0v) is 14.5. The molecule has 1 aromatic rings. The SMILES string of the molecule is CC(C)(C)OC(=O)N1CC(F)CC1(C)C(=O)OCc1ccccc1. The molecule has 6 heteroatoms. The fraction of sp³-hybridized carbons (Fsp3) is 0.556. The lowest BCUT2D eigenvalue weighted by Gasteiger charge is -2.33. The number of esters is 1. The molecule has 0 spiro atoms. The lowest BCUT2D eigenvalue weighted by molar-refractivity contribution is -0.156. The smallest absolute Gasteiger partial charge is 0.411 e. The van der Waals surface area contributed by atoms with E-state index in [4.69, 9.17) is 9.47 Å². The molecule has 2 rings (SSSR count). The minimum atomic E-state index is -1.36. The van der Waals surface area contributed by atoms with Crippen molar-refractivity contribution in [1.29, 1.82) is 0 Å². The Morgan fingerprint density at radius 1 is 1.29 bits per heavy atom. The number of hydrogen-bond donors (Lipinski definition) is 0. The van der Waals surface area contributed by atoms with Crippen LogP contribution >= 0.6 is 0 Å². The Morgan fingerprint density at radius 2 is 1.92 bits per heavy atom. The zero-order chi connectivity index (χ0) is 18.0. The first-order valence-electron chi connectivity index (χ1n) is 7.98. The Kier molecular flexibility index (Phi) is 5.16. The van der Waals surface area contributed by atoms with Crippen molar-refractivity contribution in [2.45, 2.75) is 58.0 Å². The van der Waals surface area contributed by atoms with E-state index in [-0.39, 0.29) is 19.6 Å². The summed E-state index contributed by atoms with van der Waals surface area (Å²) in [5.41, 5.74) is -1.26. The third-order valence-electron chi connectivity index (χ3n) is 3.86. The summed E-state index contributed by atoms with van der Waals surface area (Å²) in [6.45, 7) is 6.58. The van der Waals surface area contributed by atoms with Gasteiger partial charge in [0.15, 0.2) is 0 Å². The van der Waals surface area contributed by atoms with Crippen molar-refractivity contribution in [2.24, 2.45) is 0 Å². The van der Waals surface area contributed by atoms with Crippen LogP contribution < -0.4 is 0 Å². The van der Waals surface area contributed by atoms with Crippen LogP contribution in [0.25, 0.3) is 0 Å². The van der Waals surface area contributed by atoms with Crippen LogP contribution in [0.15, 0.2) is 30.3 Å². The van der Waals surface area contributed by atoms with Crippen molar-refractivity contribution >= 4 is 12.1 Å². The number of halogens is 1. The van der Waals surface area contributed by atoms with Crippen LogP contribution in [0.1, 0.15) is 39.7 Å². The lowest BCUT2D eigenvalue weighted by Crippen LogP contribution is -2.52. The molecule has 1 amide bonds. The number of amides is 1. The van der Waals surface area contributed by atoms with Crippen LogP contribution in [0.3, 0.4) is 0 Å². The second-order valence-corrected chi connectivity index (χ2v) is 7.23. The van der Waals surface area contributed by atoms with Crippen molar-refractivity contribution in [3.05, 3.63) is 35.9 Å². The van der Waals surface area contributed by atoms with E-state index < -0.39 is 29.4 Å². The van der Waals surface area contributed by atoms with E-state index in [1.165, 1.54) is 6.92 Å². The van der Waals surface area contributed by atoms with Crippen LogP contribution in [0, 0.1) is 0 Å². The Bertz CT molecular complexity index is 599. The predicted octanol–water partition coefficient (Wildman–Crippen LogP) is 3.47. The fourth-order valence-corrected chi connectivity index (χ4v) is 2.67. The fourth-order valence-electron chi connectivity index (χ4n) is 2.67. The number of rotatable bonds is 3. The van der Waals surface area contributed by atoms with E-state index in [1.807, 2.05) is 30.3 Å². The molecule has 0 saturated carbocycles. The summed E-state index contributed by atoms with van der Waals surface area (Å²) in [6.07, 6.45) is -2.09. The monoisotopic (exact) mass is 337 g/mol. The summed E-state index contributed by atoms with van der Waals surface area (Å²) in [7, 11) is 0. The standard InChI is InChI=1S/C18H24FNO4/c1-17(2,3)24-16(22)20-11-14(19)10-18(20,4)15(21)23-12-13-8-6-5-7-9-13/h5-9,14H,10-12H2,1-4H3. The minimum absolute atomic E-state index is 0.0778. The Labute approximate surface area is 141 Å². The molecule has 1 aliphatic heterocycles. The quantitative estimate of drug-likeness (QED) is 0.793. The molecule has 1 fully saturated rings. The highest BCUT2D eigenvalue weighted by Crippen LogP contribution is 2.33. The summed E-state index contributed by atoms with van der Waals surface area (Å²) in [5.74, 6) is -0.627. The van der Waals surface area contributed by atoms with E-state index >= 15 is 0 Å². The van der Waals surface area contributed by atoms with Gasteiger partial charge < -0.3 is 9.47 Å². The van der Waals surface area contributed by atoms with Crippen LogP contribution in [-0.2, 0) is 20.9 Å². The van der Waals surface area contributed by atoms with Crippen molar-refractivity contribution < 1.29 is 23.5 Å². The zero-order valence-electron chi connectivity index (χ0n) is 14.5. The van der Waals surface area contributed by atoms with Crippen molar-refractivity contribution in [3.63, 3.8) is 0 Å². The van der Waals surface area contributed by atoms with Gasteiger partial charge in [0.05, 0.1) is 6.54 Å². The molecule has 1 aliphatic rings. The molecule has 0 aromatic heterocycles. The van der Waals surface area contributed by atoms with Gasteiger partial charge in [0.1, 0.15) is 23.9 Å². The summed E-state index contributed by atoms with van der Waals surface area (Å²) < 4.78 is 24.5. The van der Waals surface area contributed by atoms with Crippen LogP contribution in [0.4, 0.5) is 9.18 Å². The summed E-state index contributed by atoms with van der Waals surface area (Å²) >= 11 is 0. The highest BCUT2D eigenvalue weighted by molar-refractivity contribution is 5.86. The van der Waals surface area contributed by atoms with Crippen molar-refractivity contribution in [2.75, 3.05) is 6.54 Å². The molecule has 5 nitrogen and oxygen atoms in total. The first-order chi connectivity index (χ1) is 11.1. The van der Waals surface area contributed by atoms with Gasteiger partial charge in [0, 0.05) is 6.42 Å². The minimum Gasteiger partial charge on any atom is -0.459 e. The average Bonchev–Trinajstić information content (AvgIpc) is 2.80. The number of alkyl halides is 1. The van der Waals surface area contributed by atoms with Crippen LogP contribution in [0.2, 0.25) is 0 Å². The molecule has 0 bridgehead atoms. The number of likely N-dealkylation sites (tertiary alicyclic amines) is 1. The Balaban J connectivity index is 2.09. The molecule has 24 heavy (non-hydrogen) atoms. The molecule has 0 radical (unpaired) electrons. The van der Waals surface area contributed by atoms with Gasteiger partial charge in [-0.25, -0.2) is 14.0 Å². The molecule has 0 aliphatic carbocycles. The molecule has 1 heterocycles. The first-order valence-corrected chi connectivity index (χ1v) is 7.98. The average molecular weight is 337 g/mol. The highest BCUT2D eigenvalue weighted by atomic mass is 19.1. The number of carbonyl (C=O) groups excluding carboxylic acids is 2. The van der Waals surface area contributed by atoms with Crippen LogP contribution in [0.5, 0.6) is 0 Å². The van der Waals surface area contributed by atoms with Gasteiger partial charge in [0.2, 0.25) is 0 Å². The number of hydrogen-bond acceptors (Lipinski definition) is 4. The second kappa shape index (κ2) is 6.79. The van der Waals surface area contributed by atoms with Gasteiger partial charge in [0.25, 0.3) is 0 Å². The Morgan fingerprint density at radius 3 is 2.50 bits per heavy atom. The summed E-state index contributed by atoms with van der Waals surface area (Å²) in [4.78, 5) is 26.0. The summed E-state index contributed by atoms with van der Waals surface area (Å²) in [6, 6.07) is 9.19. The van der Waals surface area contributed by atoms with E-state index in [0.717, 1.165) is 10.5 Å². The molecule has 132 valence electrons. The maximum absolute atomic E-state index is 13.9. The first kappa shape index (κ1) is 18.2. The van der Waals surface area contributed by atoms with E-state index in [0.29, 0.717) is 0 Å². The lowest BCUT2D eigenvalue weighted by atomic mass is 9.99. The number of nitrogens with zero attached hydrogens (tertiary/aromatic N) is 1. The van der Waals surface area contributed by atoms with E-state index in [2.05, 4.69) is 0 Å². The van der Waals surface area contributed by atoms with Gasteiger partial charge in [-0.1, -0.05) is 30.3 Å². The topological polar surface area (TPSA) is 55.8 Å². The molecule has 1 aromatic carbocycles. The van der Waals surface area contributed by atoms with Crippen molar-refractivity contribution in [3.8, 4) is 0 Å². The van der Waals surface area contributed by atoms with E-state index in [1.54, 1.807) is 20.8 Å². The third-order valence-corrected chi connectivity index (χ3v) is 3.86. The number of carbonyl (C=O) groups is 2. The van der Waals surface area contributed by atoms with Gasteiger partial charge >= 0.3 is 12.1 Å². The van der Waals surface area contributed by atoms with Crippen molar-refractivity contribution in [1.82, 2.24) is 4.90 Å². The largest absolute Gasteiger partial charge is 0.459 e. The highest BCUT2D eigenvalue weighted by Gasteiger charge is 2.52. The summed E-state index contributed by atoms with van der Waals surface area (Å²) in [5, 5.41) is 0. The van der Waals surface area contributed by atoms with Gasteiger partial charge in [-0.05, 0) is 33.3 Å². The molecule has 2 atom stereocenters. The normalized spacial score (nSPS) is 23.9. The van der Waals surface area contributed by atoms with Gasteiger partial charge in [-0.3, -0.25) is 4.90 Å². The second-order valence-electron chi connectivity index (χ2n) is 7.23. The third kappa shape index (κ3) is 4.24. The Hall–Kier alpha value is -2.11. The molecule has 2 unspecified atom stereocenters. The maximum atomic E-state index is 13.9. The predicted molar refractivity (Wildman–Crippen MR) is 87.1 cm³/mol. The number of ether oxygens (including phenoxy) is 2. The van der Waals surface area contributed by atoms with Crippen LogP contribution in [-0.4, -0.2) is 40.8 Å². The van der Waals surface area contributed by atoms with E-state index in [9.17, 15) is 14.0 Å². The van der Waals surface area contributed by atoms with Gasteiger partial charge in [-0.2, -0.15) is 0 Å². The van der Waals surface area contributed by atoms with Gasteiger partial charge in [-0.15, -0.1) is 0 Å². The molecular weight excluding hydrogens is 313 g/mol. The maximum Gasteiger partial charge on any atom is 0.411 e.